The Bertz CT molecular complexity index is 1090. The smallest absolute Gasteiger partial charge is 0.361 e. The van der Waals surface area contributed by atoms with Crippen LogP contribution in [0, 0.1) is 19.7 Å². The molecule has 32 heavy (non-hydrogen) atoms. The first kappa shape index (κ1) is 21.9. The third kappa shape index (κ3) is 4.22. The Labute approximate surface area is 180 Å². The summed E-state index contributed by atoms with van der Waals surface area (Å²) in [5, 5.41) is 11.0. The first-order chi connectivity index (χ1) is 15.1. The minimum atomic E-state index is -4.88. The lowest BCUT2D eigenvalue weighted by molar-refractivity contribution is -0.143. The van der Waals surface area contributed by atoms with Gasteiger partial charge in [0.15, 0.2) is 11.4 Å². The zero-order valence-corrected chi connectivity index (χ0v) is 17.4. The van der Waals surface area contributed by atoms with Crippen molar-refractivity contribution in [3.05, 3.63) is 58.5 Å². The molecule has 8 nitrogen and oxygen atoms in total. The topological polar surface area (TPSA) is 80.3 Å². The number of rotatable bonds is 4. The zero-order valence-electron chi connectivity index (χ0n) is 17.4. The monoisotopic (exact) mass is 452 g/mol. The van der Waals surface area contributed by atoms with Crippen LogP contribution < -0.4 is 0 Å². The van der Waals surface area contributed by atoms with Crippen LogP contribution >= 0.6 is 0 Å². The van der Waals surface area contributed by atoms with Crippen LogP contribution in [0.15, 0.2) is 28.8 Å². The van der Waals surface area contributed by atoms with Gasteiger partial charge in [-0.2, -0.15) is 13.2 Å². The van der Waals surface area contributed by atoms with Gasteiger partial charge in [-0.25, -0.2) is 9.07 Å². The van der Waals surface area contributed by atoms with E-state index in [1.54, 1.807) is 0 Å². The van der Waals surface area contributed by atoms with E-state index in [4.69, 9.17) is 4.52 Å². The molecule has 1 saturated heterocycles. The summed E-state index contributed by atoms with van der Waals surface area (Å²) in [5.74, 6) is -0.732. The summed E-state index contributed by atoms with van der Waals surface area (Å²) in [5.41, 5.74) is -0.359. The summed E-state index contributed by atoms with van der Waals surface area (Å²) in [6.07, 6.45) is -4.88. The van der Waals surface area contributed by atoms with Gasteiger partial charge in [-0.3, -0.25) is 9.69 Å². The number of hydrogen-bond acceptors (Lipinski definition) is 6. The first-order valence-corrected chi connectivity index (χ1v) is 9.87. The van der Waals surface area contributed by atoms with Crippen LogP contribution in [-0.2, 0) is 12.7 Å². The van der Waals surface area contributed by atoms with Crippen LogP contribution in [0.5, 0.6) is 0 Å². The minimum absolute atomic E-state index is 0.0467. The van der Waals surface area contributed by atoms with E-state index in [0.29, 0.717) is 30.1 Å². The Hall–Kier alpha value is -3.28. The van der Waals surface area contributed by atoms with Crippen LogP contribution in [0.3, 0.4) is 0 Å². The second-order valence-electron chi connectivity index (χ2n) is 7.54. The molecule has 0 radical (unpaired) electrons. The molecule has 0 spiro atoms. The van der Waals surface area contributed by atoms with Gasteiger partial charge in [0, 0.05) is 38.3 Å². The number of carbonyl (C=O) groups excluding carboxylic acids is 1. The van der Waals surface area contributed by atoms with Crippen LogP contribution in [0.25, 0.3) is 5.69 Å². The Morgan fingerprint density at radius 2 is 1.75 bits per heavy atom. The quantitative estimate of drug-likeness (QED) is 0.567. The second-order valence-corrected chi connectivity index (χ2v) is 7.54. The van der Waals surface area contributed by atoms with Crippen LogP contribution in [-0.4, -0.2) is 62.0 Å². The van der Waals surface area contributed by atoms with Gasteiger partial charge in [0.05, 0.1) is 11.4 Å². The average molecular weight is 452 g/mol. The van der Waals surface area contributed by atoms with E-state index in [0.717, 1.165) is 35.5 Å². The fourth-order valence-corrected chi connectivity index (χ4v) is 3.65. The molecule has 3 heterocycles. The van der Waals surface area contributed by atoms with Crippen molar-refractivity contribution in [3.8, 4) is 5.69 Å². The van der Waals surface area contributed by atoms with Crippen molar-refractivity contribution in [2.45, 2.75) is 26.6 Å². The molecule has 0 N–H and O–H groups in total. The van der Waals surface area contributed by atoms with Crippen molar-refractivity contribution in [2.75, 3.05) is 26.2 Å². The van der Waals surface area contributed by atoms with Crippen molar-refractivity contribution in [1.29, 1.82) is 0 Å². The molecule has 0 atom stereocenters. The predicted molar refractivity (Wildman–Crippen MR) is 103 cm³/mol. The van der Waals surface area contributed by atoms with E-state index in [1.807, 2.05) is 13.8 Å². The number of amides is 1. The predicted octanol–water partition coefficient (Wildman–Crippen LogP) is 2.99. The van der Waals surface area contributed by atoms with Gasteiger partial charge >= 0.3 is 6.18 Å². The number of piperazine rings is 1. The molecular weight excluding hydrogens is 432 g/mol. The highest BCUT2D eigenvalue weighted by atomic mass is 19.4. The van der Waals surface area contributed by atoms with Crippen molar-refractivity contribution in [2.24, 2.45) is 0 Å². The van der Waals surface area contributed by atoms with Crippen molar-refractivity contribution in [3.63, 3.8) is 0 Å². The van der Waals surface area contributed by atoms with Crippen LogP contribution in [0.2, 0.25) is 0 Å². The molecule has 1 aromatic carbocycles. The molecule has 0 unspecified atom stereocenters. The van der Waals surface area contributed by atoms with Gasteiger partial charge in [0.25, 0.3) is 5.91 Å². The highest BCUT2D eigenvalue weighted by Gasteiger charge is 2.43. The third-order valence-electron chi connectivity index (χ3n) is 5.43. The molecule has 1 aliphatic heterocycles. The highest BCUT2D eigenvalue weighted by molar-refractivity contribution is 5.93. The minimum Gasteiger partial charge on any atom is -0.361 e. The fraction of sp³-hybridized carbons (Fsp3) is 0.400. The standard InChI is InChI=1S/C20H20F4N6O2/c1-12-16(13(2)32-26-12)11-28-7-9-29(10-8-28)19(31)17-18(20(22,23)24)30(27-25-17)15-5-3-14(21)4-6-15/h3-6H,7-11H2,1-2H3. The molecule has 1 aliphatic rings. The molecular formula is C20H20F4N6O2. The third-order valence-corrected chi connectivity index (χ3v) is 5.43. The number of benzene rings is 1. The second kappa shape index (κ2) is 8.34. The summed E-state index contributed by atoms with van der Waals surface area (Å²) >= 11 is 0. The number of carbonyl (C=O) groups is 1. The normalized spacial score (nSPS) is 15.4. The van der Waals surface area contributed by atoms with Crippen molar-refractivity contribution in [1.82, 2.24) is 30.0 Å². The van der Waals surface area contributed by atoms with Gasteiger partial charge in [0.2, 0.25) is 0 Å². The lowest BCUT2D eigenvalue weighted by atomic mass is 10.1. The van der Waals surface area contributed by atoms with Crippen molar-refractivity contribution >= 4 is 5.91 Å². The number of aryl methyl sites for hydroxylation is 2. The summed E-state index contributed by atoms with van der Waals surface area (Å²) in [6, 6.07) is 4.30. The average Bonchev–Trinajstić information content (AvgIpc) is 3.34. The van der Waals surface area contributed by atoms with E-state index in [-0.39, 0.29) is 18.8 Å². The Balaban J connectivity index is 1.52. The summed E-state index contributed by atoms with van der Waals surface area (Å²) in [4.78, 5) is 16.3. The molecule has 1 fully saturated rings. The molecule has 4 rings (SSSR count). The first-order valence-electron chi connectivity index (χ1n) is 9.87. The number of halogens is 4. The maximum Gasteiger partial charge on any atom is 0.435 e. The maximum atomic E-state index is 13.8. The largest absolute Gasteiger partial charge is 0.435 e. The van der Waals surface area contributed by atoms with E-state index in [1.165, 1.54) is 4.90 Å². The number of aromatic nitrogens is 4. The number of hydrogen-bond donors (Lipinski definition) is 0. The molecule has 170 valence electrons. The van der Waals surface area contributed by atoms with Crippen LogP contribution in [0.4, 0.5) is 17.6 Å². The Kier molecular flexibility index (Phi) is 5.71. The molecule has 2 aromatic heterocycles. The molecule has 1 amide bonds. The lowest BCUT2D eigenvalue weighted by Gasteiger charge is -2.34. The highest BCUT2D eigenvalue weighted by Crippen LogP contribution is 2.33. The zero-order chi connectivity index (χ0) is 23.0. The van der Waals surface area contributed by atoms with Gasteiger partial charge < -0.3 is 9.42 Å². The molecule has 0 saturated carbocycles. The molecule has 3 aromatic rings. The van der Waals surface area contributed by atoms with E-state index < -0.39 is 29.3 Å². The Morgan fingerprint density at radius 3 is 2.31 bits per heavy atom. The maximum absolute atomic E-state index is 13.8. The van der Waals surface area contributed by atoms with Crippen molar-refractivity contribution < 1.29 is 26.9 Å². The van der Waals surface area contributed by atoms with E-state index in [9.17, 15) is 22.4 Å². The molecule has 12 heteroatoms. The lowest BCUT2D eigenvalue weighted by Crippen LogP contribution is -2.48. The SMILES string of the molecule is Cc1noc(C)c1CN1CCN(C(=O)c2nnn(-c3ccc(F)cc3)c2C(F)(F)F)CC1. The van der Waals surface area contributed by atoms with Crippen LogP contribution in [0.1, 0.15) is 33.2 Å². The van der Waals surface area contributed by atoms with Gasteiger partial charge in [-0.15, -0.1) is 5.10 Å². The molecule has 0 aliphatic carbocycles. The van der Waals surface area contributed by atoms with E-state index in [2.05, 4.69) is 20.4 Å². The van der Waals surface area contributed by atoms with E-state index >= 15 is 0 Å². The summed E-state index contributed by atoms with van der Waals surface area (Å²) in [6.45, 7) is 5.67. The number of alkyl halides is 3. The Morgan fingerprint density at radius 1 is 1.09 bits per heavy atom. The summed E-state index contributed by atoms with van der Waals surface area (Å²) < 4.78 is 60.3. The van der Waals surface area contributed by atoms with Gasteiger partial charge in [-0.1, -0.05) is 10.4 Å². The van der Waals surface area contributed by atoms with Gasteiger partial charge in [0.1, 0.15) is 11.6 Å². The fourth-order valence-electron chi connectivity index (χ4n) is 3.65. The number of nitrogens with zero attached hydrogens (tertiary/aromatic N) is 6. The molecule has 0 bridgehead atoms. The van der Waals surface area contributed by atoms with Gasteiger partial charge in [-0.05, 0) is 38.1 Å². The summed E-state index contributed by atoms with van der Waals surface area (Å²) in [7, 11) is 0.